The molecule has 136 valence electrons. The lowest BCUT2D eigenvalue weighted by Crippen LogP contribution is -2.12. The number of aromatic nitrogens is 4. The molecule has 0 bridgehead atoms. The highest BCUT2D eigenvalue weighted by atomic mass is 35.5. The highest BCUT2D eigenvalue weighted by Crippen LogP contribution is 2.27. The minimum atomic E-state index is -0.0546. The molecule has 0 spiro atoms. The summed E-state index contributed by atoms with van der Waals surface area (Å²) in [6.45, 7) is 1.86. The topological polar surface area (TPSA) is 72.2 Å². The van der Waals surface area contributed by atoms with Gasteiger partial charge in [0.15, 0.2) is 5.82 Å². The third kappa shape index (κ3) is 3.84. The maximum absolute atomic E-state index is 12.3. The molecule has 2 heterocycles. The average molecular weight is 398 g/mol. The monoisotopic (exact) mass is 397 g/mol. The lowest BCUT2D eigenvalue weighted by molar-refractivity contribution is -0.116. The molecular formula is C19H16ClN5OS. The third-order valence-corrected chi connectivity index (χ3v) is 5.44. The normalized spacial score (nSPS) is 11.0. The molecule has 27 heavy (non-hydrogen) atoms. The van der Waals surface area contributed by atoms with E-state index in [4.69, 9.17) is 11.6 Å². The molecule has 6 nitrogen and oxygen atoms in total. The van der Waals surface area contributed by atoms with E-state index >= 15 is 0 Å². The Hall–Kier alpha value is -2.77. The molecule has 1 N–H and O–H groups in total. The molecule has 0 unspecified atom stereocenters. The van der Waals surface area contributed by atoms with Crippen LogP contribution in [-0.2, 0) is 11.2 Å². The molecule has 0 aliphatic carbocycles. The van der Waals surface area contributed by atoms with Crippen LogP contribution in [0.25, 0.3) is 15.5 Å². The van der Waals surface area contributed by atoms with Gasteiger partial charge >= 0.3 is 0 Å². The Morgan fingerprint density at radius 1 is 1.19 bits per heavy atom. The van der Waals surface area contributed by atoms with Crippen LogP contribution in [0.1, 0.15) is 17.8 Å². The number of rotatable bonds is 5. The zero-order chi connectivity index (χ0) is 18.8. The second-order valence-corrected chi connectivity index (χ2v) is 7.43. The summed E-state index contributed by atoms with van der Waals surface area (Å²) >= 11 is 7.60. The minimum absolute atomic E-state index is 0.0546. The number of benzene rings is 2. The third-order valence-electron chi connectivity index (χ3n) is 4.12. The van der Waals surface area contributed by atoms with E-state index in [0.717, 1.165) is 32.6 Å². The van der Waals surface area contributed by atoms with Gasteiger partial charge in [-0.3, -0.25) is 4.79 Å². The van der Waals surface area contributed by atoms with Crippen LogP contribution in [0, 0.1) is 6.92 Å². The fourth-order valence-corrected chi connectivity index (χ4v) is 3.85. The number of carbonyl (C=O) groups excluding carboxylic acids is 1. The number of amides is 1. The van der Waals surface area contributed by atoms with Crippen molar-refractivity contribution >= 4 is 39.5 Å². The van der Waals surface area contributed by atoms with Crippen LogP contribution in [-0.4, -0.2) is 25.7 Å². The van der Waals surface area contributed by atoms with Gasteiger partial charge in [-0.25, -0.2) is 0 Å². The van der Waals surface area contributed by atoms with Crippen LogP contribution >= 0.6 is 22.9 Å². The molecule has 0 aliphatic heterocycles. The maximum atomic E-state index is 12.3. The van der Waals surface area contributed by atoms with Gasteiger partial charge in [0.2, 0.25) is 10.9 Å². The van der Waals surface area contributed by atoms with Gasteiger partial charge in [0.1, 0.15) is 5.01 Å². The largest absolute Gasteiger partial charge is 0.326 e. The number of halogens is 1. The van der Waals surface area contributed by atoms with E-state index in [9.17, 15) is 4.79 Å². The number of hydrogen-bond donors (Lipinski definition) is 1. The predicted octanol–water partition coefficient (Wildman–Crippen LogP) is 4.39. The van der Waals surface area contributed by atoms with Crippen molar-refractivity contribution in [1.82, 2.24) is 19.8 Å². The first-order valence-corrected chi connectivity index (χ1v) is 9.62. The molecule has 1 amide bonds. The van der Waals surface area contributed by atoms with E-state index in [1.165, 1.54) is 11.3 Å². The van der Waals surface area contributed by atoms with Crippen LogP contribution < -0.4 is 5.32 Å². The van der Waals surface area contributed by atoms with Crippen molar-refractivity contribution in [3.63, 3.8) is 0 Å². The molecular weight excluding hydrogens is 382 g/mol. The second-order valence-electron chi connectivity index (χ2n) is 6.07. The van der Waals surface area contributed by atoms with Crippen molar-refractivity contribution < 1.29 is 4.79 Å². The summed E-state index contributed by atoms with van der Waals surface area (Å²) in [6.07, 6.45) is 0.963. The van der Waals surface area contributed by atoms with Crippen LogP contribution in [0.3, 0.4) is 0 Å². The second kappa shape index (κ2) is 7.46. The summed E-state index contributed by atoms with van der Waals surface area (Å²) in [5.74, 6) is 0.692. The number of fused-ring (bicyclic) bond motifs is 1. The fourth-order valence-electron chi connectivity index (χ4n) is 2.73. The lowest BCUT2D eigenvalue weighted by atomic mass is 10.1. The molecule has 4 rings (SSSR count). The van der Waals surface area contributed by atoms with E-state index in [1.807, 2.05) is 55.5 Å². The molecule has 2 aromatic carbocycles. The summed E-state index contributed by atoms with van der Waals surface area (Å²) < 4.78 is 1.72. The van der Waals surface area contributed by atoms with E-state index in [-0.39, 0.29) is 5.91 Å². The zero-order valence-corrected chi connectivity index (χ0v) is 16.1. The van der Waals surface area contributed by atoms with E-state index in [0.29, 0.717) is 17.9 Å². The Morgan fingerprint density at radius 3 is 2.85 bits per heavy atom. The average Bonchev–Trinajstić information content (AvgIpc) is 3.24. The Kier molecular flexibility index (Phi) is 4.87. The summed E-state index contributed by atoms with van der Waals surface area (Å²) in [5, 5.41) is 17.1. The molecule has 0 fully saturated rings. The van der Waals surface area contributed by atoms with Crippen molar-refractivity contribution in [2.45, 2.75) is 19.8 Å². The molecule has 0 aliphatic rings. The van der Waals surface area contributed by atoms with Gasteiger partial charge in [-0.2, -0.15) is 9.61 Å². The Labute approximate surface area is 164 Å². The van der Waals surface area contributed by atoms with Crippen LogP contribution in [0.5, 0.6) is 0 Å². The van der Waals surface area contributed by atoms with Gasteiger partial charge in [-0.05, 0) is 37.1 Å². The van der Waals surface area contributed by atoms with Crippen molar-refractivity contribution in [2.75, 3.05) is 5.32 Å². The summed E-state index contributed by atoms with van der Waals surface area (Å²) in [6, 6.07) is 15.2. The van der Waals surface area contributed by atoms with Crippen LogP contribution in [0.4, 0.5) is 5.69 Å². The van der Waals surface area contributed by atoms with Crippen molar-refractivity contribution in [3.05, 3.63) is 64.9 Å². The quantitative estimate of drug-likeness (QED) is 0.542. The van der Waals surface area contributed by atoms with Gasteiger partial charge < -0.3 is 5.32 Å². The highest BCUT2D eigenvalue weighted by Gasteiger charge is 2.11. The Balaban J connectivity index is 1.46. The number of anilines is 1. The Morgan fingerprint density at radius 2 is 2.04 bits per heavy atom. The van der Waals surface area contributed by atoms with Gasteiger partial charge in [0, 0.05) is 22.7 Å². The van der Waals surface area contributed by atoms with Gasteiger partial charge in [0.25, 0.3) is 0 Å². The first kappa shape index (κ1) is 17.6. The van der Waals surface area contributed by atoms with E-state index < -0.39 is 0 Å². The molecule has 0 atom stereocenters. The Bertz CT molecular complexity index is 1120. The summed E-state index contributed by atoms with van der Waals surface area (Å²) in [7, 11) is 0. The van der Waals surface area contributed by atoms with E-state index in [1.54, 1.807) is 4.52 Å². The highest BCUT2D eigenvalue weighted by molar-refractivity contribution is 7.19. The number of aryl methyl sites for hydroxylation is 2. The zero-order valence-electron chi connectivity index (χ0n) is 14.5. The number of nitrogens with zero attached hydrogens (tertiary/aromatic N) is 4. The van der Waals surface area contributed by atoms with Crippen molar-refractivity contribution in [1.29, 1.82) is 0 Å². The summed E-state index contributed by atoms with van der Waals surface area (Å²) in [4.78, 5) is 13.0. The maximum Gasteiger partial charge on any atom is 0.234 e. The number of carbonyl (C=O) groups is 1. The lowest BCUT2D eigenvalue weighted by Gasteiger charge is -2.07. The van der Waals surface area contributed by atoms with Gasteiger partial charge in [-0.15, -0.1) is 10.2 Å². The summed E-state index contributed by atoms with van der Waals surface area (Å²) in [5.41, 5.74) is 2.63. The standard InChI is InChI=1S/C19H16ClN5OS/c1-12-22-23-19-25(12)24-18(27-19)14-6-4-7-15(11-14)21-17(26)10-9-13-5-2-3-8-16(13)20/h2-8,11H,9-10H2,1H3,(H,21,26). The van der Waals surface area contributed by atoms with Crippen LogP contribution in [0.15, 0.2) is 48.5 Å². The van der Waals surface area contributed by atoms with Gasteiger partial charge in [-0.1, -0.05) is 53.3 Å². The number of nitrogens with one attached hydrogen (secondary N) is 1. The number of hydrogen-bond acceptors (Lipinski definition) is 5. The SMILES string of the molecule is Cc1nnc2sc(-c3cccc(NC(=O)CCc4ccccc4Cl)c3)nn12. The minimum Gasteiger partial charge on any atom is -0.326 e. The molecule has 2 aromatic heterocycles. The molecule has 0 saturated heterocycles. The first-order valence-electron chi connectivity index (χ1n) is 8.43. The predicted molar refractivity (Wildman–Crippen MR) is 107 cm³/mol. The smallest absolute Gasteiger partial charge is 0.234 e. The molecule has 0 saturated carbocycles. The fraction of sp³-hybridized carbons (Fsp3) is 0.158. The van der Waals surface area contributed by atoms with Crippen molar-refractivity contribution in [3.8, 4) is 10.6 Å². The van der Waals surface area contributed by atoms with Crippen LogP contribution in [0.2, 0.25) is 5.02 Å². The molecule has 8 heteroatoms. The van der Waals surface area contributed by atoms with E-state index in [2.05, 4.69) is 20.6 Å². The van der Waals surface area contributed by atoms with Gasteiger partial charge in [0.05, 0.1) is 0 Å². The molecule has 0 radical (unpaired) electrons. The van der Waals surface area contributed by atoms with Crippen molar-refractivity contribution in [2.24, 2.45) is 0 Å². The molecule has 4 aromatic rings. The first-order chi connectivity index (χ1) is 13.1.